The molecule has 0 heterocycles. The maximum absolute atomic E-state index is 12.5. The van der Waals surface area contributed by atoms with E-state index in [1.807, 2.05) is 20.8 Å². The van der Waals surface area contributed by atoms with E-state index in [4.69, 9.17) is 9.47 Å². The summed E-state index contributed by atoms with van der Waals surface area (Å²) in [5.74, 6) is 0.457. The Labute approximate surface area is 151 Å². The highest BCUT2D eigenvalue weighted by Crippen LogP contribution is 2.26. The first kappa shape index (κ1) is 20.3. The Morgan fingerprint density at radius 3 is 2.25 bits per heavy atom. The fourth-order valence-electron chi connectivity index (χ4n) is 1.85. The minimum absolute atomic E-state index is 0.140. The van der Waals surface area contributed by atoms with Crippen LogP contribution in [-0.2, 0) is 4.74 Å². The summed E-state index contributed by atoms with van der Waals surface area (Å²) in [6.07, 6.45) is -0.409. The molecule has 0 fully saturated rings. The summed E-state index contributed by atoms with van der Waals surface area (Å²) in [4.78, 5) is 27.4. The summed E-state index contributed by atoms with van der Waals surface area (Å²) >= 11 is 3.36. The first-order chi connectivity index (χ1) is 11.0. The molecule has 6 nitrogen and oxygen atoms in total. The lowest BCUT2D eigenvalue weighted by Crippen LogP contribution is -2.39. The van der Waals surface area contributed by atoms with Crippen LogP contribution in [0.4, 0.5) is 4.79 Å². The van der Waals surface area contributed by atoms with Crippen LogP contribution in [0.3, 0.4) is 0 Å². The van der Waals surface area contributed by atoms with Crippen molar-refractivity contribution in [3.63, 3.8) is 0 Å². The number of methoxy groups -OCH3 is 1. The van der Waals surface area contributed by atoms with E-state index in [2.05, 4.69) is 15.9 Å². The smallest absolute Gasteiger partial charge is 0.410 e. The number of rotatable bonds is 5. The second-order valence-corrected chi connectivity index (χ2v) is 7.33. The molecular formula is C17H25BrN2O4. The lowest BCUT2D eigenvalue weighted by atomic mass is 10.2. The van der Waals surface area contributed by atoms with Crippen molar-refractivity contribution in [1.29, 1.82) is 0 Å². The van der Waals surface area contributed by atoms with E-state index in [-0.39, 0.29) is 5.91 Å². The summed E-state index contributed by atoms with van der Waals surface area (Å²) < 4.78 is 11.3. The summed E-state index contributed by atoms with van der Waals surface area (Å²) in [7, 11) is 4.89. The zero-order valence-corrected chi connectivity index (χ0v) is 16.6. The van der Waals surface area contributed by atoms with Crippen LogP contribution < -0.4 is 4.74 Å². The highest BCUT2D eigenvalue weighted by Gasteiger charge is 2.20. The van der Waals surface area contributed by atoms with Crippen LogP contribution in [0.1, 0.15) is 31.1 Å². The molecule has 0 spiro atoms. The van der Waals surface area contributed by atoms with Gasteiger partial charge in [0.25, 0.3) is 5.91 Å². The van der Waals surface area contributed by atoms with Crippen molar-refractivity contribution in [2.24, 2.45) is 0 Å². The molecule has 0 aliphatic carbocycles. The zero-order valence-electron chi connectivity index (χ0n) is 15.1. The van der Waals surface area contributed by atoms with Crippen LogP contribution >= 0.6 is 15.9 Å². The van der Waals surface area contributed by atoms with Crippen LogP contribution in [0.15, 0.2) is 22.7 Å². The molecule has 0 saturated heterocycles. The monoisotopic (exact) mass is 400 g/mol. The Hall–Kier alpha value is -1.76. The van der Waals surface area contributed by atoms with Gasteiger partial charge in [-0.1, -0.05) is 0 Å². The van der Waals surface area contributed by atoms with Crippen LogP contribution in [0.5, 0.6) is 5.75 Å². The fraction of sp³-hybridized carbons (Fsp3) is 0.529. The fourth-order valence-corrected chi connectivity index (χ4v) is 2.25. The molecule has 0 saturated carbocycles. The van der Waals surface area contributed by atoms with E-state index in [0.717, 1.165) is 4.47 Å². The van der Waals surface area contributed by atoms with Gasteiger partial charge < -0.3 is 19.3 Å². The number of hydrogen-bond donors (Lipinski definition) is 0. The van der Waals surface area contributed by atoms with Gasteiger partial charge in [0.15, 0.2) is 0 Å². The number of likely N-dealkylation sites (N-methyl/N-ethyl adjacent to an activating group) is 2. The zero-order chi connectivity index (χ0) is 18.5. The van der Waals surface area contributed by atoms with Crippen LogP contribution in [0, 0.1) is 0 Å². The van der Waals surface area contributed by atoms with E-state index < -0.39 is 11.7 Å². The van der Waals surface area contributed by atoms with Crippen molar-refractivity contribution in [3.05, 3.63) is 28.2 Å². The molecule has 0 aromatic heterocycles. The van der Waals surface area contributed by atoms with E-state index in [9.17, 15) is 9.59 Å². The Morgan fingerprint density at radius 1 is 1.12 bits per heavy atom. The average Bonchev–Trinajstić information content (AvgIpc) is 2.50. The second-order valence-electron chi connectivity index (χ2n) is 6.48. The number of nitrogens with zero attached hydrogens (tertiary/aromatic N) is 2. The molecule has 0 N–H and O–H groups in total. The van der Waals surface area contributed by atoms with Gasteiger partial charge in [-0.2, -0.15) is 0 Å². The van der Waals surface area contributed by atoms with Crippen molar-refractivity contribution < 1.29 is 19.1 Å². The summed E-state index contributed by atoms with van der Waals surface area (Å²) in [6.45, 7) is 6.22. The number of benzene rings is 1. The summed E-state index contributed by atoms with van der Waals surface area (Å²) in [5.41, 5.74) is -0.0152. The average molecular weight is 401 g/mol. The second kappa shape index (κ2) is 8.37. The third-order valence-corrected chi connectivity index (χ3v) is 3.88. The molecule has 134 valence electrons. The summed E-state index contributed by atoms with van der Waals surface area (Å²) in [6, 6.07) is 5.18. The number of hydrogen-bond acceptors (Lipinski definition) is 4. The molecule has 0 bridgehead atoms. The van der Waals surface area contributed by atoms with Gasteiger partial charge in [-0.05, 0) is 54.9 Å². The molecule has 24 heavy (non-hydrogen) atoms. The first-order valence-corrected chi connectivity index (χ1v) is 8.37. The lowest BCUT2D eigenvalue weighted by Gasteiger charge is -2.26. The number of halogens is 1. The Morgan fingerprint density at radius 2 is 1.71 bits per heavy atom. The predicted molar refractivity (Wildman–Crippen MR) is 96.5 cm³/mol. The van der Waals surface area contributed by atoms with Crippen LogP contribution in [-0.4, -0.2) is 61.7 Å². The molecule has 1 aromatic rings. The van der Waals surface area contributed by atoms with Crippen LogP contribution in [0.2, 0.25) is 0 Å². The van der Waals surface area contributed by atoms with Crippen molar-refractivity contribution in [3.8, 4) is 5.75 Å². The Balaban J connectivity index is 2.63. The van der Waals surface area contributed by atoms with Gasteiger partial charge in [0.1, 0.15) is 11.4 Å². The van der Waals surface area contributed by atoms with Gasteiger partial charge in [0, 0.05) is 32.7 Å². The number of ether oxygens (including phenoxy) is 2. The molecule has 2 amide bonds. The molecule has 0 unspecified atom stereocenters. The third-order valence-electron chi connectivity index (χ3n) is 3.22. The lowest BCUT2D eigenvalue weighted by molar-refractivity contribution is 0.0283. The molecule has 0 radical (unpaired) electrons. The predicted octanol–water partition coefficient (Wildman–Crippen LogP) is 3.40. The molecule has 7 heteroatoms. The van der Waals surface area contributed by atoms with E-state index in [1.54, 1.807) is 44.3 Å². The largest absolute Gasteiger partial charge is 0.496 e. The quantitative estimate of drug-likeness (QED) is 0.759. The molecule has 0 atom stereocenters. The standard InChI is InChI=1S/C17H25BrN2O4/c1-17(2,3)24-16(22)20(5)10-9-19(4)15(21)12-7-8-13(18)14(11-12)23-6/h7-8,11H,9-10H2,1-6H3. The molecule has 0 aliphatic heterocycles. The van der Waals surface area contributed by atoms with Gasteiger partial charge in [-0.3, -0.25) is 4.79 Å². The van der Waals surface area contributed by atoms with Gasteiger partial charge in [-0.15, -0.1) is 0 Å². The normalized spacial score (nSPS) is 11.0. The molecule has 1 rings (SSSR count). The highest BCUT2D eigenvalue weighted by molar-refractivity contribution is 9.10. The maximum Gasteiger partial charge on any atom is 0.410 e. The highest BCUT2D eigenvalue weighted by atomic mass is 79.9. The van der Waals surface area contributed by atoms with Gasteiger partial charge in [-0.25, -0.2) is 4.79 Å². The Kier molecular flexibility index (Phi) is 7.08. The number of carbonyl (C=O) groups is 2. The molecule has 0 aliphatic rings. The molecule has 1 aromatic carbocycles. The van der Waals surface area contributed by atoms with Crippen molar-refractivity contribution in [1.82, 2.24) is 9.80 Å². The van der Waals surface area contributed by atoms with Gasteiger partial charge >= 0.3 is 6.09 Å². The number of carbonyl (C=O) groups excluding carboxylic acids is 2. The van der Waals surface area contributed by atoms with Crippen molar-refractivity contribution in [2.75, 3.05) is 34.3 Å². The van der Waals surface area contributed by atoms with Gasteiger partial charge in [0.05, 0.1) is 11.6 Å². The Bertz CT molecular complexity index is 599. The number of amides is 2. The van der Waals surface area contributed by atoms with Gasteiger partial charge in [0.2, 0.25) is 0 Å². The topological polar surface area (TPSA) is 59.1 Å². The van der Waals surface area contributed by atoms with E-state index in [0.29, 0.717) is 24.4 Å². The van der Waals surface area contributed by atoms with E-state index in [1.165, 1.54) is 4.90 Å². The molecular weight excluding hydrogens is 376 g/mol. The minimum atomic E-state index is -0.541. The summed E-state index contributed by atoms with van der Waals surface area (Å²) in [5, 5.41) is 0. The maximum atomic E-state index is 12.5. The first-order valence-electron chi connectivity index (χ1n) is 7.58. The van der Waals surface area contributed by atoms with Crippen LogP contribution in [0.25, 0.3) is 0 Å². The third kappa shape index (κ3) is 6.03. The van der Waals surface area contributed by atoms with Crippen molar-refractivity contribution in [2.45, 2.75) is 26.4 Å². The van der Waals surface area contributed by atoms with Crippen molar-refractivity contribution >= 4 is 27.9 Å². The van der Waals surface area contributed by atoms with E-state index >= 15 is 0 Å². The SMILES string of the molecule is COc1cc(C(=O)N(C)CCN(C)C(=O)OC(C)(C)C)ccc1Br. The minimum Gasteiger partial charge on any atom is -0.496 e.